The Hall–Kier alpha value is -4.08. The molecule has 2 heterocycles. The predicted octanol–water partition coefficient (Wildman–Crippen LogP) is 1.89. The molecule has 0 aliphatic carbocycles. The number of aryl methyl sites for hydroxylation is 1. The van der Waals surface area contributed by atoms with Gasteiger partial charge in [0.15, 0.2) is 12.1 Å². The zero-order valence-electron chi connectivity index (χ0n) is 16.7. The molecule has 2 N–H and O–H groups in total. The molecule has 1 saturated heterocycles. The largest absolute Gasteiger partial charge is 0.325 e. The summed E-state index contributed by atoms with van der Waals surface area (Å²) in [6.45, 7) is 1.63. The lowest BCUT2D eigenvalue weighted by Crippen LogP contribution is -2.46. The van der Waals surface area contributed by atoms with Crippen LogP contribution in [0.5, 0.6) is 0 Å². The highest BCUT2D eigenvalue weighted by molar-refractivity contribution is 6.25. The third kappa shape index (κ3) is 4.00. The molecule has 0 radical (unpaired) electrons. The highest BCUT2D eigenvalue weighted by Crippen LogP contribution is 2.31. The number of carbonyl (C=O) groups excluding carboxylic acids is 4. The van der Waals surface area contributed by atoms with Gasteiger partial charge in [-0.1, -0.05) is 42.5 Å². The molecule has 0 unspecified atom stereocenters. The maximum absolute atomic E-state index is 12.8. The first-order valence-electron chi connectivity index (χ1n) is 9.78. The van der Waals surface area contributed by atoms with Gasteiger partial charge >= 0.3 is 6.03 Å². The van der Waals surface area contributed by atoms with E-state index in [-0.39, 0.29) is 0 Å². The van der Waals surface area contributed by atoms with Crippen molar-refractivity contribution in [2.75, 3.05) is 16.8 Å². The summed E-state index contributed by atoms with van der Waals surface area (Å²) in [4.78, 5) is 50.9. The molecule has 0 spiro atoms. The Bertz CT molecular complexity index is 1050. The Morgan fingerprint density at radius 2 is 1.71 bits per heavy atom. The molecule has 0 saturated carbocycles. The zero-order valence-corrected chi connectivity index (χ0v) is 16.7. The molecule has 0 bridgehead atoms. The maximum Gasteiger partial charge on any atom is 0.325 e. The normalized spacial score (nSPS) is 19.5. The number of hydrogen-bond donors (Lipinski definition) is 2. The summed E-state index contributed by atoms with van der Waals surface area (Å²) in [7, 11) is 0. The molecule has 1 fully saturated rings. The third-order valence-corrected chi connectivity index (χ3v) is 5.05. The van der Waals surface area contributed by atoms with Gasteiger partial charge in [0.25, 0.3) is 11.8 Å². The summed E-state index contributed by atoms with van der Waals surface area (Å²) >= 11 is 0. The molecule has 2 aromatic carbocycles. The molecule has 0 aromatic heterocycles. The molecule has 2 aromatic rings. The topological polar surface area (TPSA) is 124 Å². The predicted molar refractivity (Wildman–Crippen MR) is 111 cm³/mol. The van der Waals surface area contributed by atoms with Crippen LogP contribution in [0.15, 0.2) is 64.9 Å². The van der Waals surface area contributed by atoms with Gasteiger partial charge in [-0.15, -0.1) is 0 Å². The van der Waals surface area contributed by atoms with Gasteiger partial charge in [0.2, 0.25) is 5.91 Å². The summed E-state index contributed by atoms with van der Waals surface area (Å²) in [5.74, 6) is -1.69. The van der Waals surface area contributed by atoms with Gasteiger partial charge in [-0.25, -0.2) is 9.69 Å². The van der Waals surface area contributed by atoms with Crippen molar-refractivity contribution in [2.45, 2.75) is 25.4 Å². The first kappa shape index (κ1) is 20.2. The average molecular weight is 420 g/mol. The second-order valence-electron chi connectivity index (χ2n) is 7.09. The summed E-state index contributed by atoms with van der Waals surface area (Å²) in [6, 6.07) is 13.0. The van der Waals surface area contributed by atoms with Gasteiger partial charge in [-0.05, 0) is 36.2 Å². The number of nitrogens with one attached hydrogen (secondary N) is 2. The van der Waals surface area contributed by atoms with Crippen LogP contribution in [0.4, 0.5) is 16.2 Å². The molecule has 158 valence electrons. The van der Waals surface area contributed by atoms with E-state index in [2.05, 4.69) is 21.0 Å². The summed E-state index contributed by atoms with van der Waals surface area (Å²) in [6.07, 6.45) is 0.875. The van der Waals surface area contributed by atoms with E-state index in [1.54, 1.807) is 42.5 Å². The van der Waals surface area contributed by atoms with Gasteiger partial charge < -0.3 is 5.32 Å². The quantitative estimate of drug-likeness (QED) is 0.715. The first-order chi connectivity index (χ1) is 15.0. The molecular formula is C21H20N6O4. The van der Waals surface area contributed by atoms with E-state index in [4.69, 9.17) is 0 Å². The lowest BCUT2D eigenvalue weighted by atomic mass is 10.1. The number of para-hydroxylation sites is 1. The number of hydrogen-bond acceptors (Lipinski definition) is 7. The van der Waals surface area contributed by atoms with Crippen molar-refractivity contribution in [3.8, 4) is 0 Å². The fraction of sp³-hybridized carbons (Fsp3) is 0.238. The fourth-order valence-electron chi connectivity index (χ4n) is 3.48. The van der Waals surface area contributed by atoms with Gasteiger partial charge in [-0.2, -0.15) is 5.11 Å². The maximum atomic E-state index is 12.8. The molecule has 4 rings (SSSR count). The minimum Gasteiger partial charge on any atom is -0.308 e. The Labute approximate surface area is 177 Å². The monoisotopic (exact) mass is 420 g/mol. The van der Waals surface area contributed by atoms with Gasteiger partial charge in [0, 0.05) is 5.69 Å². The lowest BCUT2D eigenvalue weighted by molar-refractivity contribution is -0.124. The second-order valence-corrected chi connectivity index (χ2v) is 7.09. The minimum absolute atomic E-state index is 0.394. The van der Waals surface area contributed by atoms with Crippen LogP contribution in [0.2, 0.25) is 0 Å². The fourth-order valence-corrected chi connectivity index (χ4v) is 3.48. The van der Waals surface area contributed by atoms with Crippen LogP contribution in [0.3, 0.4) is 0 Å². The van der Waals surface area contributed by atoms with Crippen LogP contribution in [0, 0.1) is 0 Å². The Balaban J connectivity index is 1.37. The molecule has 10 nitrogen and oxygen atoms in total. The van der Waals surface area contributed by atoms with Gasteiger partial charge in [0.1, 0.15) is 6.54 Å². The van der Waals surface area contributed by atoms with E-state index in [0.29, 0.717) is 11.4 Å². The number of imide groups is 2. The van der Waals surface area contributed by atoms with Crippen molar-refractivity contribution < 1.29 is 19.2 Å². The average Bonchev–Trinajstić information content (AvgIpc) is 3.28. The highest BCUT2D eigenvalue weighted by atomic mass is 16.2. The number of amides is 5. The Kier molecular flexibility index (Phi) is 5.44. The second kappa shape index (κ2) is 8.34. The van der Waals surface area contributed by atoms with Crippen molar-refractivity contribution in [1.82, 2.24) is 10.3 Å². The number of nitrogens with zero attached hydrogens (tertiary/aromatic N) is 4. The SMILES string of the molecule is CCc1ccc(NC(=O)NC(=O)CN2N=N[C@@H]3C(=O)N(c4ccccc4)C(=O)[C@H]32)cc1. The molecular weight excluding hydrogens is 400 g/mol. The van der Waals surface area contributed by atoms with Crippen LogP contribution in [-0.2, 0) is 20.8 Å². The summed E-state index contributed by atoms with van der Waals surface area (Å²) < 4.78 is 0. The van der Waals surface area contributed by atoms with Crippen LogP contribution in [0.1, 0.15) is 12.5 Å². The lowest BCUT2D eigenvalue weighted by Gasteiger charge is -2.20. The molecule has 2 atom stereocenters. The van der Waals surface area contributed by atoms with Crippen molar-refractivity contribution >= 4 is 35.1 Å². The third-order valence-electron chi connectivity index (χ3n) is 5.05. The number of fused-ring (bicyclic) bond motifs is 1. The van der Waals surface area contributed by atoms with Crippen LogP contribution >= 0.6 is 0 Å². The number of carbonyl (C=O) groups is 4. The van der Waals surface area contributed by atoms with E-state index in [1.165, 1.54) is 0 Å². The molecule has 31 heavy (non-hydrogen) atoms. The number of urea groups is 1. The molecule has 10 heteroatoms. The number of anilines is 2. The molecule has 5 amide bonds. The number of rotatable bonds is 5. The smallest absolute Gasteiger partial charge is 0.308 e. The van der Waals surface area contributed by atoms with E-state index < -0.39 is 42.4 Å². The van der Waals surface area contributed by atoms with Gasteiger partial charge in [0.05, 0.1) is 5.69 Å². The summed E-state index contributed by atoms with van der Waals surface area (Å²) in [5.41, 5.74) is 2.09. The van der Waals surface area contributed by atoms with Crippen LogP contribution < -0.4 is 15.5 Å². The van der Waals surface area contributed by atoms with E-state index in [1.807, 2.05) is 19.1 Å². The van der Waals surface area contributed by atoms with Crippen molar-refractivity contribution in [3.63, 3.8) is 0 Å². The Morgan fingerprint density at radius 1 is 1.00 bits per heavy atom. The Morgan fingerprint density at radius 3 is 2.39 bits per heavy atom. The van der Waals surface area contributed by atoms with Crippen molar-refractivity contribution in [1.29, 1.82) is 0 Å². The number of benzene rings is 2. The molecule has 2 aliphatic rings. The first-order valence-corrected chi connectivity index (χ1v) is 9.78. The molecule has 2 aliphatic heterocycles. The van der Waals surface area contributed by atoms with E-state index >= 15 is 0 Å². The minimum atomic E-state index is -1.01. The van der Waals surface area contributed by atoms with E-state index in [0.717, 1.165) is 21.9 Å². The summed E-state index contributed by atoms with van der Waals surface area (Å²) in [5, 5.41) is 13.5. The van der Waals surface area contributed by atoms with Gasteiger partial charge in [-0.3, -0.25) is 24.7 Å². The zero-order chi connectivity index (χ0) is 22.0. The highest BCUT2D eigenvalue weighted by Gasteiger charge is 2.55. The van der Waals surface area contributed by atoms with Crippen LogP contribution in [-0.4, -0.2) is 47.4 Å². The van der Waals surface area contributed by atoms with Crippen LogP contribution in [0.25, 0.3) is 0 Å². The van der Waals surface area contributed by atoms with E-state index in [9.17, 15) is 19.2 Å². The van der Waals surface area contributed by atoms with Crippen molar-refractivity contribution in [3.05, 3.63) is 60.2 Å². The standard InChI is InChI=1S/C21H20N6O4/c1-2-13-8-10-14(11-9-13)22-21(31)23-16(28)12-26-18-17(24-25-26)19(29)27(20(18)30)15-6-4-3-5-7-15/h3-11,17-18H,2,12H2,1H3,(H2,22,23,28,31)/t17-,18-/m0/s1. The van der Waals surface area contributed by atoms with Crippen molar-refractivity contribution in [2.24, 2.45) is 10.3 Å².